The summed E-state index contributed by atoms with van der Waals surface area (Å²) in [5.74, 6) is 13.9. The lowest BCUT2D eigenvalue weighted by atomic mass is 10.1. The summed E-state index contributed by atoms with van der Waals surface area (Å²) in [6.07, 6.45) is 6.83. The van der Waals surface area contributed by atoms with E-state index < -0.39 is 0 Å². The molecule has 0 aliphatic rings. The van der Waals surface area contributed by atoms with Crippen LogP contribution in [0.25, 0.3) is 0 Å². The van der Waals surface area contributed by atoms with Gasteiger partial charge in [0.15, 0.2) is 5.75 Å². The van der Waals surface area contributed by atoms with E-state index in [1.54, 1.807) is 49.1 Å². The molecule has 0 saturated heterocycles. The molecule has 4 aromatic rings. The summed E-state index contributed by atoms with van der Waals surface area (Å²) in [6.45, 7) is 0.632. The molecule has 0 aliphatic carbocycles. The molecule has 2 aromatic carbocycles. The van der Waals surface area contributed by atoms with Crippen molar-refractivity contribution in [3.8, 4) is 41.2 Å². The van der Waals surface area contributed by atoms with Crippen molar-refractivity contribution >= 4 is 0 Å². The maximum Gasteiger partial charge on any atom is 0.150 e. The fourth-order valence-electron chi connectivity index (χ4n) is 2.97. The standard InChI is InChI=1S/C29H19N3O2/c30-22-25-6-10-28(11-7-25)33-20-21-34-29-26(8-4-23-12-16-31-17-13-23)2-1-3-27(29)9-5-24-14-18-32-19-15-24/h1-3,6-7,10-19H,20-21H2. The van der Waals surface area contributed by atoms with E-state index in [4.69, 9.17) is 14.7 Å². The van der Waals surface area contributed by atoms with Crippen LogP contribution in [0.15, 0.2) is 91.5 Å². The Morgan fingerprint density at radius 1 is 0.588 bits per heavy atom. The van der Waals surface area contributed by atoms with Gasteiger partial charge in [-0.15, -0.1) is 0 Å². The van der Waals surface area contributed by atoms with E-state index in [1.807, 2.05) is 42.5 Å². The van der Waals surface area contributed by atoms with Gasteiger partial charge in [-0.1, -0.05) is 29.7 Å². The molecule has 0 spiro atoms. The number of hydrogen-bond donors (Lipinski definition) is 0. The first-order chi connectivity index (χ1) is 16.8. The number of rotatable bonds is 5. The SMILES string of the molecule is N#Cc1ccc(OCCOc2c(C#Cc3ccncc3)cccc2C#Cc2ccncc2)cc1. The van der Waals surface area contributed by atoms with E-state index >= 15 is 0 Å². The van der Waals surface area contributed by atoms with Gasteiger partial charge in [0.25, 0.3) is 0 Å². The maximum absolute atomic E-state index is 8.91. The van der Waals surface area contributed by atoms with Gasteiger partial charge in [-0.3, -0.25) is 9.97 Å². The molecule has 0 amide bonds. The third-order valence-corrected chi connectivity index (χ3v) is 4.64. The normalized spacial score (nSPS) is 9.50. The van der Waals surface area contributed by atoms with Crippen LogP contribution in [-0.4, -0.2) is 23.2 Å². The van der Waals surface area contributed by atoms with E-state index in [9.17, 15) is 0 Å². The number of aromatic nitrogens is 2. The molecule has 5 heteroatoms. The van der Waals surface area contributed by atoms with Gasteiger partial charge in [-0.25, -0.2) is 0 Å². The van der Waals surface area contributed by atoms with Gasteiger partial charge in [-0.2, -0.15) is 5.26 Å². The molecule has 4 rings (SSSR count). The Balaban J connectivity index is 1.55. The van der Waals surface area contributed by atoms with E-state index in [0.717, 1.165) is 22.3 Å². The van der Waals surface area contributed by atoms with Crippen LogP contribution in [0, 0.1) is 35.0 Å². The maximum atomic E-state index is 8.91. The highest BCUT2D eigenvalue weighted by molar-refractivity contribution is 5.59. The van der Waals surface area contributed by atoms with E-state index in [-0.39, 0.29) is 0 Å². The smallest absolute Gasteiger partial charge is 0.150 e. The molecule has 0 fully saturated rings. The Kier molecular flexibility index (Phi) is 7.52. The number of ether oxygens (including phenoxy) is 2. The third kappa shape index (κ3) is 6.24. The fourth-order valence-corrected chi connectivity index (χ4v) is 2.97. The molecule has 162 valence electrons. The van der Waals surface area contributed by atoms with Crippen molar-refractivity contribution < 1.29 is 9.47 Å². The van der Waals surface area contributed by atoms with Gasteiger partial charge in [-0.05, 0) is 60.7 Å². The highest BCUT2D eigenvalue weighted by Crippen LogP contribution is 2.23. The summed E-state index contributed by atoms with van der Waals surface area (Å²) in [5, 5.41) is 8.91. The molecular formula is C29H19N3O2. The Morgan fingerprint density at radius 3 is 1.65 bits per heavy atom. The van der Waals surface area contributed by atoms with Crippen molar-refractivity contribution in [2.45, 2.75) is 0 Å². The van der Waals surface area contributed by atoms with Crippen LogP contribution in [0.3, 0.4) is 0 Å². The van der Waals surface area contributed by atoms with Gasteiger partial charge in [0.05, 0.1) is 22.8 Å². The van der Waals surface area contributed by atoms with Crippen molar-refractivity contribution in [1.82, 2.24) is 9.97 Å². The highest BCUT2D eigenvalue weighted by atomic mass is 16.5. The van der Waals surface area contributed by atoms with Gasteiger partial charge in [0, 0.05) is 35.9 Å². The predicted molar refractivity (Wildman–Crippen MR) is 129 cm³/mol. The fraction of sp³-hybridized carbons (Fsp3) is 0.0690. The minimum absolute atomic E-state index is 0.303. The number of hydrogen-bond acceptors (Lipinski definition) is 5. The zero-order valence-corrected chi connectivity index (χ0v) is 18.2. The van der Waals surface area contributed by atoms with Crippen molar-refractivity contribution in [1.29, 1.82) is 5.26 Å². The van der Waals surface area contributed by atoms with Crippen LogP contribution in [-0.2, 0) is 0 Å². The van der Waals surface area contributed by atoms with Crippen molar-refractivity contribution in [3.63, 3.8) is 0 Å². The lowest BCUT2D eigenvalue weighted by Crippen LogP contribution is -2.10. The van der Waals surface area contributed by atoms with Gasteiger partial charge in [0.2, 0.25) is 0 Å². The summed E-state index contributed by atoms with van der Waals surface area (Å²) in [4.78, 5) is 8.05. The molecule has 34 heavy (non-hydrogen) atoms. The third-order valence-electron chi connectivity index (χ3n) is 4.64. The molecule has 0 bridgehead atoms. The van der Waals surface area contributed by atoms with Crippen molar-refractivity contribution in [2.24, 2.45) is 0 Å². The predicted octanol–water partition coefficient (Wildman–Crippen LogP) is 4.61. The molecule has 5 nitrogen and oxygen atoms in total. The molecule has 0 unspecified atom stereocenters. The zero-order valence-electron chi connectivity index (χ0n) is 18.2. The summed E-state index contributed by atoms with van der Waals surface area (Å²) in [7, 11) is 0. The number of para-hydroxylation sites is 1. The lowest BCUT2D eigenvalue weighted by Gasteiger charge is -2.12. The van der Waals surface area contributed by atoms with Gasteiger partial charge < -0.3 is 9.47 Å². The second-order valence-electron chi connectivity index (χ2n) is 6.99. The minimum Gasteiger partial charge on any atom is -0.490 e. The molecule has 0 atom stereocenters. The first kappa shape index (κ1) is 22.2. The van der Waals surface area contributed by atoms with Crippen LogP contribution in [0.4, 0.5) is 0 Å². The molecule has 0 saturated carbocycles. The topological polar surface area (TPSA) is 68.0 Å². The average Bonchev–Trinajstić information content (AvgIpc) is 2.91. The quantitative estimate of drug-likeness (QED) is 0.334. The summed E-state index contributed by atoms with van der Waals surface area (Å²) >= 11 is 0. The molecule has 2 aromatic heterocycles. The highest BCUT2D eigenvalue weighted by Gasteiger charge is 2.08. The summed E-state index contributed by atoms with van der Waals surface area (Å²) in [5.41, 5.74) is 3.77. The van der Waals surface area contributed by atoms with Crippen LogP contribution in [0.5, 0.6) is 11.5 Å². The largest absolute Gasteiger partial charge is 0.490 e. The second kappa shape index (κ2) is 11.5. The molecule has 2 heterocycles. The molecular weight excluding hydrogens is 422 g/mol. The molecule has 0 N–H and O–H groups in total. The Labute approximate surface area is 198 Å². The second-order valence-corrected chi connectivity index (χ2v) is 6.99. The van der Waals surface area contributed by atoms with Crippen LogP contribution in [0.2, 0.25) is 0 Å². The minimum atomic E-state index is 0.303. The number of benzene rings is 2. The Morgan fingerprint density at radius 2 is 1.12 bits per heavy atom. The number of nitriles is 1. The first-order valence-electron chi connectivity index (χ1n) is 10.5. The number of nitrogens with zero attached hydrogens (tertiary/aromatic N) is 3. The first-order valence-corrected chi connectivity index (χ1v) is 10.5. The Bertz CT molecular complexity index is 1330. The van der Waals surface area contributed by atoms with Crippen LogP contribution < -0.4 is 9.47 Å². The zero-order chi connectivity index (χ0) is 23.4. The van der Waals surface area contributed by atoms with Crippen LogP contribution >= 0.6 is 0 Å². The van der Waals surface area contributed by atoms with Crippen molar-refractivity contribution in [2.75, 3.05) is 13.2 Å². The van der Waals surface area contributed by atoms with E-state index in [1.165, 1.54) is 0 Å². The average molecular weight is 441 g/mol. The molecule has 0 aliphatic heterocycles. The van der Waals surface area contributed by atoms with Crippen molar-refractivity contribution in [3.05, 3.63) is 119 Å². The number of pyridine rings is 2. The summed E-state index contributed by atoms with van der Waals surface area (Å²) < 4.78 is 11.8. The summed E-state index contributed by atoms with van der Waals surface area (Å²) in [6, 6.07) is 22.2. The van der Waals surface area contributed by atoms with E-state index in [2.05, 4.69) is 39.7 Å². The monoisotopic (exact) mass is 441 g/mol. The Hall–Kier alpha value is -5.05. The lowest BCUT2D eigenvalue weighted by molar-refractivity contribution is 0.216. The van der Waals surface area contributed by atoms with Crippen LogP contribution in [0.1, 0.15) is 27.8 Å². The van der Waals surface area contributed by atoms with E-state index in [0.29, 0.717) is 30.3 Å². The van der Waals surface area contributed by atoms with Gasteiger partial charge in [0.1, 0.15) is 19.0 Å². The molecule has 0 radical (unpaired) electrons. The van der Waals surface area contributed by atoms with Gasteiger partial charge >= 0.3 is 0 Å².